The third-order valence-electron chi connectivity index (χ3n) is 3.65. The number of rotatable bonds is 6. The van der Waals surface area contributed by atoms with Gasteiger partial charge in [-0.3, -0.25) is 0 Å². The molecule has 0 saturated heterocycles. The normalized spacial score (nSPS) is 15.6. The Morgan fingerprint density at radius 2 is 2.33 bits per heavy atom. The molecule has 18 heavy (non-hydrogen) atoms. The molecule has 0 radical (unpaired) electrons. The number of benzene rings is 1. The molecular formula is C16H24N2. The van der Waals surface area contributed by atoms with Gasteiger partial charge in [0.1, 0.15) is 0 Å². The predicted molar refractivity (Wildman–Crippen MR) is 79.3 cm³/mol. The van der Waals surface area contributed by atoms with Gasteiger partial charge in [0.2, 0.25) is 0 Å². The Labute approximate surface area is 111 Å². The van der Waals surface area contributed by atoms with Crippen LogP contribution in [0.3, 0.4) is 0 Å². The molecule has 0 bridgehead atoms. The molecule has 2 nitrogen and oxygen atoms in total. The van der Waals surface area contributed by atoms with Crippen LogP contribution in [-0.2, 0) is 6.42 Å². The van der Waals surface area contributed by atoms with Crippen molar-refractivity contribution in [2.75, 3.05) is 24.5 Å². The SMILES string of the molecule is C=CCN1CCc2cc(C(C)NCCC)ccc21. The van der Waals surface area contributed by atoms with E-state index in [1.807, 2.05) is 6.08 Å². The molecule has 2 rings (SSSR count). The average molecular weight is 244 g/mol. The second-order valence-electron chi connectivity index (χ2n) is 5.05. The molecule has 0 amide bonds. The van der Waals surface area contributed by atoms with Gasteiger partial charge < -0.3 is 10.2 Å². The molecule has 98 valence electrons. The van der Waals surface area contributed by atoms with Crippen LogP contribution in [0.2, 0.25) is 0 Å². The van der Waals surface area contributed by atoms with Crippen LogP contribution in [0, 0.1) is 0 Å². The van der Waals surface area contributed by atoms with E-state index in [0.717, 1.165) is 26.1 Å². The first-order valence-corrected chi connectivity index (χ1v) is 6.98. The minimum atomic E-state index is 0.448. The van der Waals surface area contributed by atoms with Gasteiger partial charge in [-0.05, 0) is 43.5 Å². The fourth-order valence-corrected chi connectivity index (χ4v) is 2.58. The van der Waals surface area contributed by atoms with Crippen molar-refractivity contribution < 1.29 is 0 Å². The first-order valence-electron chi connectivity index (χ1n) is 6.98. The molecule has 0 spiro atoms. The lowest BCUT2D eigenvalue weighted by molar-refractivity contribution is 0.570. The average Bonchev–Trinajstić information content (AvgIpc) is 2.79. The van der Waals surface area contributed by atoms with E-state index in [1.54, 1.807) is 0 Å². The van der Waals surface area contributed by atoms with E-state index in [1.165, 1.54) is 23.2 Å². The van der Waals surface area contributed by atoms with Gasteiger partial charge in [0.15, 0.2) is 0 Å². The summed E-state index contributed by atoms with van der Waals surface area (Å²) in [5.41, 5.74) is 4.28. The van der Waals surface area contributed by atoms with Crippen LogP contribution in [0.4, 0.5) is 5.69 Å². The molecule has 1 unspecified atom stereocenters. The summed E-state index contributed by atoms with van der Waals surface area (Å²) in [6.45, 7) is 11.4. The number of anilines is 1. The van der Waals surface area contributed by atoms with Crippen LogP contribution < -0.4 is 10.2 Å². The minimum absolute atomic E-state index is 0.448. The summed E-state index contributed by atoms with van der Waals surface area (Å²) in [6.07, 6.45) is 4.33. The Balaban J connectivity index is 2.11. The highest BCUT2D eigenvalue weighted by atomic mass is 15.1. The molecule has 0 aromatic heterocycles. The molecule has 1 aromatic rings. The Morgan fingerprint density at radius 1 is 1.50 bits per heavy atom. The van der Waals surface area contributed by atoms with Gasteiger partial charge in [0, 0.05) is 24.8 Å². The lowest BCUT2D eigenvalue weighted by Gasteiger charge is -2.18. The van der Waals surface area contributed by atoms with Crippen LogP contribution in [0.25, 0.3) is 0 Å². The van der Waals surface area contributed by atoms with Crippen LogP contribution in [0.15, 0.2) is 30.9 Å². The number of nitrogens with zero attached hydrogens (tertiary/aromatic N) is 1. The number of nitrogens with one attached hydrogen (secondary N) is 1. The van der Waals surface area contributed by atoms with Crippen molar-refractivity contribution in [3.05, 3.63) is 42.0 Å². The van der Waals surface area contributed by atoms with E-state index in [2.05, 4.69) is 48.8 Å². The summed E-state index contributed by atoms with van der Waals surface area (Å²) >= 11 is 0. The number of fused-ring (bicyclic) bond motifs is 1. The number of hydrogen-bond acceptors (Lipinski definition) is 2. The first kappa shape index (κ1) is 13.2. The lowest BCUT2D eigenvalue weighted by atomic mass is 10.0. The quantitative estimate of drug-likeness (QED) is 0.772. The van der Waals surface area contributed by atoms with Gasteiger partial charge in [0.05, 0.1) is 0 Å². The highest BCUT2D eigenvalue weighted by Crippen LogP contribution is 2.30. The molecule has 1 heterocycles. The predicted octanol–water partition coefficient (Wildman–Crippen LogP) is 3.30. The molecule has 1 atom stereocenters. The molecule has 1 N–H and O–H groups in total. The van der Waals surface area contributed by atoms with Gasteiger partial charge in [-0.1, -0.05) is 25.1 Å². The Kier molecular flexibility index (Phi) is 4.43. The fourth-order valence-electron chi connectivity index (χ4n) is 2.58. The summed E-state index contributed by atoms with van der Waals surface area (Å²) < 4.78 is 0. The van der Waals surface area contributed by atoms with Crippen molar-refractivity contribution in [1.82, 2.24) is 5.32 Å². The maximum absolute atomic E-state index is 3.82. The van der Waals surface area contributed by atoms with Crippen molar-refractivity contribution in [3.8, 4) is 0 Å². The summed E-state index contributed by atoms with van der Waals surface area (Å²) in [7, 11) is 0. The zero-order chi connectivity index (χ0) is 13.0. The summed E-state index contributed by atoms with van der Waals surface area (Å²) in [5.74, 6) is 0. The zero-order valence-electron chi connectivity index (χ0n) is 11.6. The van der Waals surface area contributed by atoms with E-state index < -0.39 is 0 Å². The third-order valence-corrected chi connectivity index (χ3v) is 3.65. The molecule has 0 saturated carbocycles. The molecule has 1 aromatic carbocycles. The molecule has 1 aliphatic rings. The van der Waals surface area contributed by atoms with Crippen molar-refractivity contribution in [3.63, 3.8) is 0 Å². The topological polar surface area (TPSA) is 15.3 Å². The van der Waals surface area contributed by atoms with Crippen molar-refractivity contribution in [2.24, 2.45) is 0 Å². The number of hydrogen-bond donors (Lipinski definition) is 1. The third kappa shape index (κ3) is 2.75. The Hall–Kier alpha value is -1.28. The fraction of sp³-hybridized carbons (Fsp3) is 0.500. The standard InChI is InChI=1S/C16H24N2/c1-4-9-17-13(3)14-6-7-16-15(12-14)8-11-18(16)10-5-2/h5-7,12-13,17H,2,4,8-11H2,1,3H3. The first-order chi connectivity index (χ1) is 8.76. The van der Waals surface area contributed by atoms with Gasteiger partial charge in [-0.15, -0.1) is 6.58 Å². The summed E-state index contributed by atoms with van der Waals surface area (Å²) in [6, 6.07) is 7.34. The van der Waals surface area contributed by atoms with E-state index >= 15 is 0 Å². The zero-order valence-corrected chi connectivity index (χ0v) is 11.6. The van der Waals surface area contributed by atoms with Gasteiger partial charge in [-0.2, -0.15) is 0 Å². The van der Waals surface area contributed by atoms with Crippen molar-refractivity contribution in [2.45, 2.75) is 32.7 Å². The molecule has 2 heteroatoms. The van der Waals surface area contributed by atoms with Crippen LogP contribution in [0.5, 0.6) is 0 Å². The monoisotopic (exact) mass is 244 g/mol. The molecule has 1 aliphatic heterocycles. The summed E-state index contributed by atoms with van der Waals surface area (Å²) in [4.78, 5) is 2.40. The van der Waals surface area contributed by atoms with Crippen molar-refractivity contribution in [1.29, 1.82) is 0 Å². The van der Waals surface area contributed by atoms with Gasteiger partial charge in [-0.25, -0.2) is 0 Å². The van der Waals surface area contributed by atoms with E-state index in [9.17, 15) is 0 Å². The van der Waals surface area contributed by atoms with Crippen LogP contribution in [-0.4, -0.2) is 19.6 Å². The second-order valence-corrected chi connectivity index (χ2v) is 5.05. The maximum Gasteiger partial charge on any atom is 0.0402 e. The summed E-state index contributed by atoms with van der Waals surface area (Å²) in [5, 5.41) is 3.55. The van der Waals surface area contributed by atoms with Crippen molar-refractivity contribution >= 4 is 5.69 Å². The minimum Gasteiger partial charge on any atom is -0.367 e. The highest BCUT2D eigenvalue weighted by Gasteiger charge is 2.18. The molecular weight excluding hydrogens is 220 g/mol. The van der Waals surface area contributed by atoms with Gasteiger partial charge in [0.25, 0.3) is 0 Å². The molecule has 0 aliphatic carbocycles. The lowest BCUT2D eigenvalue weighted by Crippen LogP contribution is -2.20. The van der Waals surface area contributed by atoms with E-state index in [-0.39, 0.29) is 0 Å². The Bertz CT molecular complexity index is 412. The highest BCUT2D eigenvalue weighted by molar-refractivity contribution is 5.59. The smallest absolute Gasteiger partial charge is 0.0402 e. The van der Waals surface area contributed by atoms with E-state index in [4.69, 9.17) is 0 Å². The largest absolute Gasteiger partial charge is 0.367 e. The maximum atomic E-state index is 3.82. The van der Waals surface area contributed by atoms with Crippen LogP contribution >= 0.6 is 0 Å². The Morgan fingerprint density at radius 3 is 3.06 bits per heavy atom. The van der Waals surface area contributed by atoms with Gasteiger partial charge >= 0.3 is 0 Å². The van der Waals surface area contributed by atoms with E-state index in [0.29, 0.717) is 6.04 Å². The molecule has 0 fully saturated rings. The second kappa shape index (κ2) is 6.05. The van der Waals surface area contributed by atoms with Crippen LogP contribution in [0.1, 0.15) is 37.4 Å².